The molecule has 0 bridgehead atoms. The van der Waals surface area contributed by atoms with Gasteiger partial charge in [-0.15, -0.1) is 0 Å². The summed E-state index contributed by atoms with van der Waals surface area (Å²) in [6.45, 7) is 2.49. The van der Waals surface area contributed by atoms with Gasteiger partial charge < -0.3 is 14.5 Å². The van der Waals surface area contributed by atoms with Crippen LogP contribution in [-0.4, -0.2) is 59.3 Å². The molecule has 23 heavy (non-hydrogen) atoms. The highest BCUT2D eigenvalue weighted by Crippen LogP contribution is 2.20. The van der Waals surface area contributed by atoms with Crippen LogP contribution in [0.2, 0.25) is 0 Å². The molecule has 0 radical (unpaired) electrons. The summed E-state index contributed by atoms with van der Waals surface area (Å²) in [6.07, 6.45) is 4.93. The summed E-state index contributed by atoms with van der Waals surface area (Å²) >= 11 is 1.88. The van der Waals surface area contributed by atoms with Gasteiger partial charge in [0, 0.05) is 45.3 Å². The monoisotopic (exact) mass is 430 g/mol. The maximum absolute atomic E-state index is 13.7. The number of anilines is 2. The lowest BCUT2D eigenvalue weighted by Crippen LogP contribution is -2.56. The minimum absolute atomic E-state index is 0.0436. The molecule has 1 atom stereocenters. The fourth-order valence-corrected chi connectivity index (χ4v) is 2.82. The average Bonchev–Trinajstić information content (AvgIpc) is 2.58. The van der Waals surface area contributed by atoms with Crippen LogP contribution >= 0.6 is 22.6 Å². The van der Waals surface area contributed by atoms with E-state index >= 15 is 0 Å². The zero-order valence-electron chi connectivity index (χ0n) is 12.6. The lowest BCUT2D eigenvalue weighted by Gasteiger charge is -2.41. The third kappa shape index (κ3) is 3.66. The van der Waals surface area contributed by atoms with Gasteiger partial charge in [0.1, 0.15) is 0 Å². The van der Waals surface area contributed by atoms with Gasteiger partial charge in [-0.25, -0.2) is 15.0 Å². The van der Waals surface area contributed by atoms with Crippen LogP contribution in [0.15, 0.2) is 24.7 Å². The van der Waals surface area contributed by atoms with Crippen LogP contribution in [0.25, 0.3) is 0 Å². The molecule has 2 aromatic rings. The van der Waals surface area contributed by atoms with Crippen molar-refractivity contribution in [3.8, 4) is 0 Å². The molecule has 2 aromatic heterocycles. The average molecular weight is 430 g/mol. The van der Waals surface area contributed by atoms with Gasteiger partial charge >= 0.3 is 0 Å². The number of ether oxygens (including phenoxy) is 1. The summed E-state index contributed by atoms with van der Waals surface area (Å²) in [5.41, 5.74) is 0. The molecule has 0 spiro atoms. The third-order valence-corrected chi connectivity index (χ3v) is 4.35. The SMILES string of the molecule is COC[C@H]1CN(c2ncc(I)c(F)n2)CCN1c1ncccn1. The predicted octanol–water partition coefficient (Wildman–Crippen LogP) is 1.35. The van der Waals surface area contributed by atoms with Crippen LogP contribution < -0.4 is 9.80 Å². The van der Waals surface area contributed by atoms with Crippen molar-refractivity contribution < 1.29 is 9.13 Å². The molecule has 1 saturated heterocycles. The Kier molecular flexibility index (Phi) is 5.16. The summed E-state index contributed by atoms with van der Waals surface area (Å²) in [5, 5.41) is 0. The van der Waals surface area contributed by atoms with E-state index in [1.165, 1.54) is 6.20 Å². The molecule has 0 aliphatic carbocycles. The van der Waals surface area contributed by atoms with Gasteiger partial charge in [-0.3, -0.25) is 0 Å². The molecule has 7 nitrogen and oxygen atoms in total. The Morgan fingerprint density at radius 3 is 2.74 bits per heavy atom. The van der Waals surface area contributed by atoms with E-state index in [2.05, 4.69) is 24.8 Å². The second-order valence-electron chi connectivity index (χ2n) is 5.11. The molecular weight excluding hydrogens is 414 g/mol. The maximum atomic E-state index is 13.7. The maximum Gasteiger partial charge on any atom is 0.231 e. The molecule has 1 aliphatic heterocycles. The second-order valence-corrected chi connectivity index (χ2v) is 6.27. The molecule has 1 fully saturated rings. The minimum Gasteiger partial charge on any atom is -0.382 e. The number of hydrogen-bond donors (Lipinski definition) is 0. The topological polar surface area (TPSA) is 67.3 Å². The molecule has 0 saturated carbocycles. The van der Waals surface area contributed by atoms with Gasteiger partial charge in [0.15, 0.2) is 0 Å². The second kappa shape index (κ2) is 7.30. The zero-order chi connectivity index (χ0) is 16.2. The molecule has 3 heterocycles. The van der Waals surface area contributed by atoms with Crippen molar-refractivity contribution in [1.82, 2.24) is 19.9 Å². The van der Waals surface area contributed by atoms with E-state index in [-0.39, 0.29) is 6.04 Å². The Morgan fingerprint density at radius 1 is 1.26 bits per heavy atom. The van der Waals surface area contributed by atoms with E-state index in [1.54, 1.807) is 25.6 Å². The number of aromatic nitrogens is 4. The summed E-state index contributed by atoms with van der Waals surface area (Å²) in [4.78, 5) is 20.8. The molecule has 0 N–H and O–H groups in total. The zero-order valence-corrected chi connectivity index (χ0v) is 14.7. The van der Waals surface area contributed by atoms with Gasteiger partial charge in [-0.05, 0) is 28.7 Å². The third-order valence-electron chi connectivity index (χ3n) is 3.62. The number of methoxy groups -OCH3 is 1. The first-order valence-corrected chi connectivity index (χ1v) is 8.22. The number of piperazine rings is 1. The van der Waals surface area contributed by atoms with E-state index in [4.69, 9.17) is 4.74 Å². The Bertz CT molecular complexity index is 661. The summed E-state index contributed by atoms with van der Waals surface area (Å²) in [7, 11) is 1.66. The first kappa shape index (κ1) is 16.2. The fourth-order valence-electron chi connectivity index (χ4n) is 2.56. The van der Waals surface area contributed by atoms with Gasteiger partial charge in [0.05, 0.1) is 16.2 Å². The normalized spacial score (nSPS) is 18.3. The van der Waals surface area contributed by atoms with Crippen molar-refractivity contribution >= 4 is 34.5 Å². The summed E-state index contributed by atoms with van der Waals surface area (Å²) in [5.74, 6) is 0.578. The van der Waals surface area contributed by atoms with E-state index in [0.717, 1.165) is 0 Å². The Morgan fingerprint density at radius 2 is 2.04 bits per heavy atom. The minimum atomic E-state index is -0.493. The van der Waals surface area contributed by atoms with Crippen molar-refractivity contribution in [2.75, 3.05) is 43.2 Å². The Balaban J connectivity index is 1.79. The number of nitrogens with zero attached hydrogens (tertiary/aromatic N) is 6. The van der Waals surface area contributed by atoms with Crippen molar-refractivity contribution in [1.29, 1.82) is 0 Å². The van der Waals surface area contributed by atoms with E-state index in [1.807, 2.05) is 27.5 Å². The van der Waals surface area contributed by atoms with E-state index in [9.17, 15) is 4.39 Å². The highest BCUT2D eigenvalue weighted by Gasteiger charge is 2.30. The molecule has 0 aromatic carbocycles. The van der Waals surface area contributed by atoms with Crippen LogP contribution in [0.1, 0.15) is 0 Å². The molecule has 3 rings (SSSR count). The molecule has 122 valence electrons. The summed E-state index contributed by atoms with van der Waals surface area (Å²) in [6, 6.07) is 1.83. The number of rotatable bonds is 4. The smallest absolute Gasteiger partial charge is 0.231 e. The lowest BCUT2D eigenvalue weighted by atomic mass is 10.2. The highest BCUT2D eigenvalue weighted by molar-refractivity contribution is 14.1. The van der Waals surface area contributed by atoms with Crippen LogP contribution in [0, 0.1) is 9.52 Å². The molecule has 0 amide bonds. The summed E-state index contributed by atoms with van der Waals surface area (Å²) < 4.78 is 19.4. The van der Waals surface area contributed by atoms with Crippen LogP contribution in [0.4, 0.5) is 16.3 Å². The van der Waals surface area contributed by atoms with E-state index in [0.29, 0.717) is 41.7 Å². The van der Waals surface area contributed by atoms with Gasteiger partial charge in [-0.1, -0.05) is 0 Å². The molecular formula is C14H16FIN6O. The Labute approximate surface area is 147 Å². The largest absolute Gasteiger partial charge is 0.382 e. The van der Waals surface area contributed by atoms with Gasteiger partial charge in [0.25, 0.3) is 0 Å². The first-order chi connectivity index (χ1) is 11.2. The molecule has 9 heteroatoms. The van der Waals surface area contributed by atoms with Crippen LogP contribution in [-0.2, 0) is 4.74 Å². The van der Waals surface area contributed by atoms with Crippen LogP contribution in [0.5, 0.6) is 0 Å². The molecule has 1 aliphatic rings. The Hall–Kier alpha value is -1.62. The standard InChI is InChI=1S/C14H16FIN6O/c1-23-9-10-8-21(14-19-7-11(16)12(15)20-14)5-6-22(10)13-17-3-2-4-18-13/h2-4,7,10H,5-6,8-9H2,1H3/t10-/m1/s1. The van der Waals surface area contributed by atoms with Crippen molar-refractivity contribution in [2.24, 2.45) is 0 Å². The predicted molar refractivity (Wildman–Crippen MR) is 92.0 cm³/mol. The lowest BCUT2D eigenvalue weighted by molar-refractivity contribution is 0.173. The van der Waals surface area contributed by atoms with Crippen LogP contribution in [0.3, 0.4) is 0 Å². The first-order valence-electron chi connectivity index (χ1n) is 7.14. The fraction of sp³-hybridized carbons (Fsp3) is 0.429. The molecule has 0 unspecified atom stereocenters. The number of hydrogen-bond acceptors (Lipinski definition) is 7. The van der Waals surface area contributed by atoms with Gasteiger partial charge in [-0.2, -0.15) is 9.37 Å². The van der Waals surface area contributed by atoms with Gasteiger partial charge in [0.2, 0.25) is 17.8 Å². The van der Waals surface area contributed by atoms with Crippen molar-refractivity contribution in [2.45, 2.75) is 6.04 Å². The van der Waals surface area contributed by atoms with E-state index < -0.39 is 5.95 Å². The number of halogens is 2. The van der Waals surface area contributed by atoms with Crippen molar-refractivity contribution in [3.63, 3.8) is 0 Å². The quantitative estimate of drug-likeness (QED) is 0.536. The van der Waals surface area contributed by atoms with Crippen molar-refractivity contribution in [3.05, 3.63) is 34.2 Å². The highest BCUT2D eigenvalue weighted by atomic mass is 127.